The molecule has 1 aromatic heterocycles. The van der Waals surface area contributed by atoms with Gasteiger partial charge in [0, 0.05) is 12.7 Å². The van der Waals surface area contributed by atoms with E-state index in [-0.39, 0.29) is 0 Å². The van der Waals surface area contributed by atoms with Crippen LogP contribution in [0.15, 0.2) is 0 Å². The minimum atomic E-state index is 1.04. The van der Waals surface area contributed by atoms with Crippen LogP contribution in [0.2, 0.25) is 0 Å². The molecular weight excluding hydrogens is 136 g/mol. The Hall–Kier alpha value is -0.790. The molecule has 1 rings (SSSR count). The maximum absolute atomic E-state index is 4.42. The van der Waals surface area contributed by atoms with Crippen molar-refractivity contribution in [3.8, 4) is 0 Å². The van der Waals surface area contributed by atoms with Gasteiger partial charge in [0.1, 0.15) is 0 Å². The first-order chi connectivity index (χ1) is 5.20. The second-order valence-corrected chi connectivity index (χ2v) is 2.85. The Morgan fingerprint density at radius 2 is 1.91 bits per heavy atom. The zero-order valence-corrected chi connectivity index (χ0v) is 7.81. The molecule has 0 saturated carbocycles. The number of hydrogen-bond acceptors (Lipinski definition) is 1. The molecule has 0 atom stereocenters. The highest BCUT2D eigenvalue weighted by Gasteiger charge is 2.07. The van der Waals surface area contributed by atoms with Gasteiger partial charge in [-0.05, 0) is 25.3 Å². The fourth-order valence-electron chi connectivity index (χ4n) is 1.56. The van der Waals surface area contributed by atoms with E-state index in [1.807, 2.05) is 11.7 Å². The lowest BCUT2D eigenvalue weighted by molar-refractivity contribution is 0.704. The quantitative estimate of drug-likeness (QED) is 0.632. The fourth-order valence-corrected chi connectivity index (χ4v) is 1.56. The van der Waals surface area contributed by atoms with E-state index < -0.39 is 0 Å². The minimum absolute atomic E-state index is 1.04. The van der Waals surface area contributed by atoms with Crippen LogP contribution in [0.3, 0.4) is 0 Å². The van der Waals surface area contributed by atoms with Crippen molar-refractivity contribution in [2.24, 2.45) is 7.05 Å². The van der Waals surface area contributed by atoms with E-state index >= 15 is 0 Å². The van der Waals surface area contributed by atoms with Crippen molar-refractivity contribution in [2.45, 2.75) is 33.6 Å². The van der Waals surface area contributed by atoms with Gasteiger partial charge in [-0.15, -0.1) is 0 Å². The van der Waals surface area contributed by atoms with Crippen LogP contribution in [-0.2, 0) is 19.9 Å². The van der Waals surface area contributed by atoms with Crippen LogP contribution < -0.4 is 0 Å². The maximum Gasteiger partial charge on any atom is 0.0653 e. The van der Waals surface area contributed by atoms with Crippen molar-refractivity contribution in [3.63, 3.8) is 0 Å². The van der Waals surface area contributed by atoms with Gasteiger partial charge in [-0.25, -0.2) is 0 Å². The van der Waals surface area contributed by atoms with Crippen LogP contribution in [0.5, 0.6) is 0 Å². The highest BCUT2D eigenvalue weighted by atomic mass is 15.3. The molecule has 0 aliphatic carbocycles. The van der Waals surface area contributed by atoms with E-state index in [0.29, 0.717) is 0 Å². The zero-order chi connectivity index (χ0) is 8.43. The minimum Gasteiger partial charge on any atom is -0.272 e. The van der Waals surface area contributed by atoms with E-state index in [4.69, 9.17) is 0 Å². The van der Waals surface area contributed by atoms with Crippen LogP contribution in [0.4, 0.5) is 0 Å². The molecule has 0 radical (unpaired) electrons. The number of aryl methyl sites for hydroxylation is 2. The van der Waals surface area contributed by atoms with Crippen LogP contribution in [-0.4, -0.2) is 9.78 Å². The maximum atomic E-state index is 4.42. The largest absolute Gasteiger partial charge is 0.272 e. The Labute approximate surface area is 68.2 Å². The van der Waals surface area contributed by atoms with E-state index in [1.165, 1.54) is 17.0 Å². The highest BCUT2D eigenvalue weighted by molar-refractivity contribution is 5.24. The van der Waals surface area contributed by atoms with Crippen molar-refractivity contribution in [3.05, 3.63) is 17.0 Å². The normalized spacial score (nSPS) is 10.5. The molecular formula is C9H16N2. The monoisotopic (exact) mass is 152 g/mol. The summed E-state index contributed by atoms with van der Waals surface area (Å²) in [5.41, 5.74) is 3.98. The molecule has 0 N–H and O–H groups in total. The second kappa shape index (κ2) is 3.07. The van der Waals surface area contributed by atoms with Gasteiger partial charge in [-0.3, -0.25) is 4.68 Å². The molecule has 0 fully saturated rings. The third-order valence-corrected chi connectivity index (χ3v) is 2.20. The third kappa shape index (κ3) is 1.30. The highest BCUT2D eigenvalue weighted by Crippen LogP contribution is 2.12. The third-order valence-electron chi connectivity index (χ3n) is 2.20. The lowest BCUT2D eigenvalue weighted by Crippen LogP contribution is -1.96. The van der Waals surface area contributed by atoms with Gasteiger partial charge in [-0.2, -0.15) is 5.10 Å². The van der Waals surface area contributed by atoms with Gasteiger partial charge in [0.15, 0.2) is 0 Å². The standard InChI is InChI=1S/C9H16N2/c1-5-8-7(3)9(6-2)11(4)10-8/h5-6H2,1-4H3. The summed E-state index contributed by atoms with van der Waals surface area (Å²) in [6.45, 7) is 6.48. The summed E-state index contributed by atoms with van der Waals surface area (Å²) >= 11 is 0. The number of nitrogens with zero attached hydrogens (tertiary/aromatic N) is 2. The molecule has 0 aliphatic heterocycles. The summed E-state index contributed by atoms with van der Waals surface area (Å²) in [7, 11) is 2.02. The second-order valence-electron chi connectivity index (χ2n) is 2.85. The Balaban J connectivity index is 3.14. The van der Waals surface area contributed by atoms with Crippen molar-refractivity contribution in [1.29, 1.82) is 0 Å². The van der Waals surface area contributed by atoms with Gasteiger partial charge >= 0.3 is 0 Å². The summed E-state index contributed by atoms with van der Waals surface area (Å²) in [6, 6.07) is 0. The van der Waals surface area contributed by atoms with E-state index in [9.17, 15) is 0 Å². The fraction of sp³-hybridized carbons (Fsp3) is 0.667. The first kappa shape index (κ1) is 8.31. The summed E-state index contributed by atoms with van der Waals surface area (Å²) in [5.74, 6) is 0. The van der Waals surface area contributed by atoms with Gasteiger partial charge in [0.05, 0.1) is 5.69 Å². The molecule has 0 unspecified atom stereocenters. The Morgan fingerprint density at radius 1 is 1.27 bits per heavy atom. The SMILES string of the molecule is CCc1nn(C)c(CC)c1C. The topological polar surface area (TPSA) is 17.8 Å². The van der Waals surface area contributed by atoms with Crippen LogP contribution in [0.25, 0.3) is 0 Å². The van der Waals surface area contributed by atoms with Crippen molar-refractivity contribution in [2.75, 3.05) is 0 Å². The molecule has 1 heterocycles. The molecule has 0 aromatic carbocycles. The predicted octanol–water partition coefficient (Wildman–Crippen LogP) is 1.85. The summed E-state index contributed by atoms with van der Waals surface area (Å²) in [4.78, 5) is 0. The van der Waals surface area contributed by atoms with E-state index in [1.54, 1.807) is 0 Å². The first-order valence-electron chi connectivity index (χ1n) is 4.22. The summed E-state index contributed by atoms with van der Waals surface area (Å²) < 4.78 is 1.99. The number of aromatic nitrogens is 2. The Bertz CT molecular complexity index is 248. The van der Waals surface area contributed by atoms with Crippen LogP contribution in [0, 0.1) is 6.92 Å². The smallest absolute Gasteiger partial charge is 0.0653 e. The summed E-state index contributed by atoms with van der Waals surface area (Å²) in [6.07, 6.45) is 2.12. The van der Waals surface area contributed by atoms with Crippen molar-refractivity contribution in [1.82, 2.24) is 9.78 Å². The molecule has 2 nitrogen and oxygen atoms in total. The van der Waals surface area contributed by atoms with Crippen LogP contribution in [0.1, 0.15) is 30.8 Å². The lowest BCUT2D eigenvalue weighted by Gasteiger charge is -1.96. The van der Waals surface area contributed by atoms with Crippen LogP contribution >= 0.6 is 0 Å². The van der Waals surface area contributed by atoms with Crippen molar-refractivity contribution < 1.29 is 0 Å². The van der Waals surface area contributed by atoms with E-state index in [2.05, 4.69) is 25.9 Å². The lowest BCUT2D eigenvalue weighted by atomic mass is 10.1. The Morgan fingerprint density at radius 3 is 2.18 bits per heavy atom. The molecule has 0 spiro atoms. The Kier molecular flexibility index (Phi) is 2.32. The summed E-state index contributed by atoms with van der Waals surface area (Å²) in [5, 5.41) is 4.42. The molecule has 2 heteroatoms. The molecule has 0 bridgehead atoms. The van der Waals surface area contributed by atoms with Gasteiger partial charge < -0.3 is 0 Å². The number of rotatable bonds is 2. The first-order valence-corrected chi connectivity index (χ1v) is 4.22. The molecule has 0 amide bonds. The molecule has 11 heavy (non-hydrogen) atoms. The van der Waals surface area contributed by atoms with E-state index in [0.717, 1.165) is 12.8 Å². The van der Waals surface area contributed by atoms with Gasteiger partial charge in [0.25, 0.3) is 0 Å². The van der Waals surface area contributed by atoms with Gasteiger partial charge in [0.2, 0.25) is 0 Å². The predicted molar refractivity (Wildman–Crippen MR) is 46.7 cm³/mol. The average molecular weight is 152 g/mol. The molecule has 1 aromatic rings. The molecule has 0 aliphatic rings. The number of hydrogen-bond donors (Lipinski definition) is 0. The molecule has 62 valence electrons. The zero-order valence-electron chi connectivity index (χ0n) is 7.81. The van der Waals surface area contributed by atoms with Crippen molar-refractivity contribution >= 4 is 0 Å². The van der Waals surface area contributed by atoms with Gasteiger partial charge in [-0.1, -0.05) is 13.8 Å². The molecule has 0 saturated heterocycles. The average Bonchev–Trinajstić information content (AvgIpc) is 2.26.